The summed E-state index contributed by atoms with van der Waals surface area (Å²) in [4.78, 5) is 70.1. The maximum atomic E-state index is 14.9. The van der Waals surface area contributed by atoms with E-state index < -0.39 is 89.1 Å². The number of fused-ring (bicyclic) bond motifs is 1. The minimum atomic E-state index is -2.19. The Kier molecular flexibility index (Phi) is 8.10. The minimum absolute atomic E-state index is 0.00267. The number of ketones is 1. The van der Waals surface area contributed by atoms with E-state index in [2.05, 4.69) is 4.98 Å². The molecule has 3 aliphatic rings. The molecule has 1 saturated heterocycles. The molecule has 12 heteroatoms. The van der Waals surface area contributed by atoms with Crippen molar-refractivity contribution in [3.8, 4) is 0 Å². The van der Waals surface area contributed by atoms with Gasteiger partial charge in [-0.2, -0.15) is 0 Å². The van der Waals surface area contributed by atoms with Gasteiger partial charge in [-0.15, -0.1) is 0 Å². The lowest BCUT2D eigenvalue weighted by Gasteiger charge is -2.60. The summed E-state index contributed by atoms with van der Waals surface area (Å²) in [7, 11) is 0. The van der Waals surface area contributed by atoms with E-state index in [1.165, 1.54) is 37.5 Å². The summed E-state index contributed by atoms with van der Waals surface area (Å²) in [5.74, 6) is -5.61. The number of benzene rings is 1. The average Bonchev–Trinajstić information content (AvgIpc) is 3.18. The molecule has 8 atom stereocenters. The van der Waals surface area contributed by atoms with Gasteiger partial charge < -0.3 is 28.8 Å². The molecule has 1 aliphatic heterocycles. The van der Waals surface area contributed by atoms with Crippen LogP contribution in [-0.4, -0.2) is 82.0 Å². The van der Waals surface area contributed by atoms with Crippen molar-refractivity contribution in [2.75, 3.05) is 6.61 Å². The number of nitrogens with zero attached hydrogens (tertiary/aromatic N) is 1. The van der Waals surface area contributed by atoms with Crippen LogP contribution in [0, 0.1) is 17.3 Å². The lowest BCUT2D eigenvalue weighted by atomic mass is 9.48. The van der Waals surface area contributed by atoms with Gasteiger partial charge in [0.2, 0.25) is 0 Å². The number of hydrogen-bond donors (Lipinski definition) is 1. The summed E-state index contributed by atoms with van der Waals surface area (Å²) in [6.45, 7) is 6.67. The summed E-state index contributed by atoms with van der Waals surface area (Å²) < 4.78 is 29.7. The smallest absolute Gasteiger partial charge is 0.340 e. The van der Waals surface area contributed by atoms with Crippen molar-refractivity contribution >= 4 is 29.7 Å². The molecule has 2 aromatic rings. The highest BCUT2D eigenvalue weighted by Crippen LogP contribution is 2.66. The van der Waals surface area contributed by atoms with E-state index in [-0.39, 0.29) is 17.5 Å². The number of aromatic nitrogens is 1. The number of rotatable bonds is 7. The topological polar surface area (TPSA) is 165 Å². The number of carbonyl (C=O) groups excluding carboxylic acids is 5. The largest absolute Gasteiger partial charge is 0.465 e. The molecule has 2 heterocycles. The molecule has 0 unspecified atom stereocenters. The molecule has 234 valence electrons. The first-order chi connectivity index (χ1) is 20.8. The Morgan fingerprint density at radius 1 is 0.955 bits per heavy atom. The summed E-state index contributed by atoms with van der Waals surface area (Å²) in [5.41, 5.74) is -4.92. The van der Waals surface area contributed by atoms with Crippen molar-refractivity contribution in [3.63, 3.8) is 0 Å². The summed E-state index contributed by atoms with van der Waals surface area (Å²) in [6, 6.07) is 11.0. The fourth-order valence-electron chi connectivity index (χ4n) is 7.35. The van der Waals surface area contributed by atoms with Crippen molar-refractivity contribution in [1.29, 1.82) is 0 Å². The molecule has 1 spiro atoms. The third-order valence-electron chi connectivity index (χ3n) is 9.08. The van der Waals surface area contributed by atoms with Crippen molar-refractivity contribution in [2.24, 2.45) is 17.3 Å². The number of esters is 4. The van der Waals surface area contributed by atoms with Crippen molar-refractivity contribution < 1.29 is 52.8 Å². The Morgan fingerprint density at radius 3 is 2.23 bits per heavy atom. The Hall–Kier alpha value is -4.16. The number of pyridine rings is 1. The van der Waals surface area contributed by atoms with Gasteiger partial charge in [0.25, 0.3) is 0 Å². The molecule has 1 aromatic carbocycles. The number of Topliss-reactive ketones (excluding diaryl/α,β-unsaturated/α-hetero) is 1. The normalized spacial score (nSPS) is 33.5. The first-order valence-electron chi connectivity index (χ1n) is 14.4. The molecule has 0 amide bonds. The van der Waals surface area contributed by atoms with Gasteiger partial charge in [0.1, 0.15) is 35.9 Å². The van der Waals surface area contributed by atoms with E-state index in [1.54, 1.807) is 45.0 Å². The third kappa shape index (κ3) is 4.86. The number of ether oxygens (including phenoxy) is 5. The van der Waals surface area contributed by atoms with Crippen LogP contribution in [-0.2, 0) is 38.1 Å². The molecule has 12 nitrogen and oxygen atoms in total. The Bertz CT molecular complexity index is 1460. The second-order valence-corrected chi connectivity index (χ2v) is 12.1. The Balaban J connectivity index is 1.67. The first-order valence-corrected chi connectivity index (χ1v) is 14.4. The lowest BCUT2D eigenvalue weighted by Crippen LogP contribution is -2.79. The molecule has 1 N–H and O–H groups in total. The van der Waals surface area contributed by atoms with E-state index >= 15 is 0 Å². The predicted molar refractivity (Wildman–Crippen MR) is 150 cm³/mol. The zero-order chi connectivity index (χ0) is 32.0. The monoisotopic (exact) mass is 609 g/mol. The second-order valence-electron chi connectivity index (χ2n) is 12.1. The molecule has 0 radical (unpaired) electrons. The number of carbonyl (C=O) groups is 5. The molecule has 2 aliphatic carbocycles. The average molecular weight is 610 g/mol. The molecule has 44 heavy (non-hydrogen) atoms. The van der Waals surface area contributed by atoms with Crippen LogP contribution in [0.2, 0.25) is 0 Å². The van der Waals surface area contributed by atoms with Gasteiger partial charge in [-0.3, -0.25) is 19.4 Å². The van der Waals surface area contributed by atoms with Crippen LogP contribution >= 0.6 is 0 Å². The Morgan fingerprint density at radius 2 is 1.61 bits per heavy atom. The van der Waals surface area contributed by atoms with Gasteiger partial charge in [0.15, 0.2) is 11.9 Å². The number of aliphatic hydroxyl groups is 1. The predicted octanol–water partition coefficient (Wildman–Crippen LogP) is 2.46. The van der Waals surface area contributed by atoms with E-state index in [9.17, 15) is 29.1 Å². The van der Waals surface area contributed by atoms with E-state index in [0.29, 0.717) is 0 Å². The van der Waals surface area contributed by atoms with E-state index in [4.69, 9.17) is 23.7 Å². The van der Waals surface area contributed by atoms with E-state index in [0.717, 1.165) is 6.92 Å². The highest BCUT2D eigenvalue weighted by atomic mass is 16.6. The lowest BCUT2D eigenvalue weighted by molar-refractivity contribution is -0.283. The molecule has 2 saturated carbocycles. The van der Waals surface area contributed by atoms with Crippen LogP contribution < -0.4 is 0 Å². The van der Waals surface area contributed by atoms with Crippen molar-refractivity contribution in [2.45, 2.75) is 76.7 Å². The van der Waals surface area contributed by atoms with Crippen molar-refractivity contribution in [1.82, 2.24) is 4.98 Å². The first kappa shape index (κ1) is 31.3. The van der Waals surface area contributed by atoms with Gasteiger partial charge in [-0.25, -0.2) is 9.59 Å². The van der Waals surface area contributed by atoms with Crippen molar-refractivity contribution in [3.05, 3.63) is 66.0 Å². The maximum Gasteiger partial charge on any atom is 0.340 e. The fraction of sp³-hybridized carbons (Fsp3) is 0.500. The van der Waals surface area contributed by atoms with Gasteiger partial charge in [0.05, 0.1) is 22.6 Å². The Labute approximate surface area is 254 Å². The minimum Gasteiger partial charge on any atom is -0.465 e. The number of aliphatic hydroxyl groups excluding tert-OH is 1. The molecule has 5 rings (SSSR count). The highest BCUT2D eigenvalue weighted by Gasteiger charge is 2.84. The van der Waals surface area contributed by atoms with Crippen LogP contribution in [0.1, 0.15) is 61.8 Å². The van der Waals surface area contributed by atoms with Gasteiger partial charge in [-0.1, -0.05) is 25.1 Å². The van der Waals surface area contributed by atoms with Crippen LogP contribution in [0.4, 0.5) is 0 Å². The number of hydrogen-bond acceptors (Lipinski definition) is 12. The molecular weight excluding hydrogens is 574 g/mol. The van der Waals surface area contributed by atoms with Crippen LogP contribution in [0.25, 0.3) is 0 Å². The standard InChI is InChI=1S/C32H35NO11/c1-17-14-22(42-29(39)21-12-9-13-33-15-21)25(36)31(16-40-18(2)34)26(37)24(43-28(38)20-10-7-6-8-11-20)23-27(41-19(3)35)32(17,31)44-30(23,4)5/h6-13,15,17,22-25,27,36H,14,16H2,1-5H3/t17-,22+,23-,24+,25+,27-,31+,32-/m1/s1. The maximum absolute atomic E-state index is 14.9. The van der Waals surface area contributed by atoms with Gasteiger partial charge in [0, 0.05) is 26.2 Å². The second kappa shape index (κ2) is 11.4. The zero-order valence-electron chi connectivity index (χ0n) is 25.1. The van der Waals surface area contributed by atoms with Gasteiger partial charge in [-0.05, 0) is 50.5 Å². The summed E-state index contributed by atoms with van der Waals surface area (Å²) in [6.07, 6.45) is -3.19. The molecule has 3 fully saturated rings. The van der Waals surface area contributed by atoms with Gasteiger partial charge >= 0.3 is 23.9 Å². The van der Waals surface area contributed by atoms with E-state index in [1.807, 2.05) is 0 Å². The zero-order valence-corrected chi connectivity index (χ0v) is 25.1. The summed E-state index contributed by atoms with van der Waals surface area (Å²) in [5, 5.41) is 12.2. The van der Waals surface area contributed by atoms with Crippen LogP contribution in [0.15, 0.2) is 54.9 Å². The highest BCUT2D eigenvalue weighted by molar-refractivity contribution is 5.98. The molecule has 1 aromatic heterocycles. The quantitative estimate of drug-likeness (QED) is 0.361. The van der Waals surface area contributed by atoms with Crippen LogP contribution in [0.3, 0.4) is 0 Å². The molecular formula is C32H35NO11. The fourth-order valence-corrected chi connectivity index (χ4v) is 7.35. The SMILES string of the molecule is CC(=O)OC[C@]12C(=O)[C@@H](OC(=O)c3ccccc3)[C@@H]3[C@@H](OC(C)=O)[C@]1(OC3(C)C)[C@H](C)C[C@H](OC(=O)c1cccnc1)[C@@H]2O. The van der Waals surface area contributed by atoms with Crippen LogP contribution in [0.5, 0.6) is 0 Å². The molecule has 2 bridgehead atoms. The summed E-state index contributed by atoms with van der Waals surface area (Å²) >= 11 is 0. The third-order valence-corrected chi connectivity index (χ3v) is 9.08.